The lowest BCUT2D eigenvalue weighted by atomic mass is 9.63. The number of imide groups is 1. The van der Waals surface area contributed by atoms with Gasteiger partial charge in [0.15, 0.2) is 0 Å². The van der Waals surface area contributed by atoms with Crippen molar-refractivity contribution in [2.24, 2.45) is 40.6 Å². The zero-order chi connectivity index (χ0) is 21.1. The number of nitrogens with zero attached hydrogens (tertiary/aromatic N) is 2. The van der Waals surface area contributed by atoms with Gasteiger partial charge < -0.3 is 4.74 Å². The standard InChI is InChI=1S/C25H21ClN2O3/c26-16-5-1-15(2-6-16)13-31-17-7-3-14(4-8-17)12-27-28-24(29)22-18-9-10-19(21-11-20(18)21)23(22)25(28)30/h1-10,12,18-23H,11,13H2/b27-12-/t18-,19-,20-,21+,22-,23+/m0/s1. The van der Waals surface area contributed by atoms with E-state index in [4.69, 9.17) is 16.3 Å². The fourth-order valence-electron chi connectivity index (χ4n) is 5.58. The van der Waals surface area contributed by atoms with Gasteiger partial charge in [-0.05, 0) is 77.6 Å². The number of carbonyl (C=O) groups excluding carboxylic acids is 2. The van der Waals surface area contributed by atoms with Crippen molar-refractivity contribution in [2.75, 3.05) is 0 Å². The zero-order valence-corrected chi connectivity index (χ0v) is 17.5. The van der Waals surface area contributed by atoms with E-state index in [2.05, 4.69) is 17.3 Å². The second kappa shape index (κ2) is 7.06. The summed E-state index contributed by atoms with van der Waals surface area (Å²) in [6.07, 6.45) is 7.07. The molecule has 1 saturated heterocycles. The van der Waals surface area contributed by atoms with Gasteiger partial charge in [0.05, 0.1) is 18.1 Å². The van der Waals surface area contributed by atoms with Crippen molar-refractivity contribution >= 4 is 29.6 Å². The third-order valence-corrected chi connectivity index (χ3v) is 7.41. The minimum atomic E-state index is -0.216. The predicted molar refractivity (Wildman–Crippen MR) is 116 cm³/mol. The van der Waals surface area contributed by atoms with Crippen molar-refractivity contribution in [2.45, 2.75) is 13.0 Å². The van der Waals surface area contributed by atoms with Gasteiger partial charge >= 0.3 is 0 Å². The third kappa shape index (κ3) is 3.10. The van der Waals surface area contributed by atoms with E-state index in [1.54, 1.807) is 6.21 Å². The van der Waals surface area contributed by atoms with Gasteiger partial charge in [-0.15, -0.1) is 0 Å². The maximum Gasteiger partial charge on any atom is 0.254 e. The summed E-state index contributed by atoms with van der Waals surface area (Å²) in [4.78, 5) is 25.9. The van der Waals surface area contributed by atoms with Crippen LogP contribution in [-0.4, -0.2) is 23.0 Å². The van der Waals surface area contributed by atoms with E-state index in [1.807, 2.05) is 48.5 Å². The molecule has 2 aromatic carbocycles. The molecule has 5 nitrogen and oxygen atoms in total. The van der Waals surface area contributed by atoms with E-state index >= 15 is 0 Å². The van der Waals surface area contributed by atoms with E-state index in [0.29, 0.717) is 23.5 Å². The van der Waals surface area contributed by atoms with Crippen LogP contribution >= 0.6 is 11.6 Å². The van der Waals surface area contributed by atoms with Crippen molar-refractivity contribution in [3.63, 3.8) is 0 Å². The Labute approximate surface area is 185 Å². The lowest BCUT2D eigenvalue weighted by molar-refractivity contribution is -0.140. The number of benzene rings is 2. The summed E-state index contributed by atoms with van der Waals surface area (Å²) in [5.41, 5.74) is 1.84. The summed E-state index contributed by atoms with van der Waals surface area (Å²) in [6, 6.07) is 14.9. The molecule has 5 aliphatic rings. The largest absolute Gasteiger partial charge is 0.489 e. The van der Waals surface area contributed by atoms with Crippen molar-refractivity contribution in [1.29, 1.82) is 0 Å². The minimum Gasteiger partial charge on any atom is -0.489 e. The molecular formula is C25H21ClN2O3. The van der Waals surface area contributed by atoms with Crippen LogP contribution in [0.4, 0.5) is 0 Å². The fraction of sp³-hybridized carbons (Fsp3) is 0.320. The first-order chi connectivity index (χ1) is 15.1. The molecule has 0 aromatic heterocycles. The number of hydrogen-bond donors (Lipinski definition) is 0. The van der Waals surface area contributed by atoms with Gasteiger partial charge in [0.2, 0.25) is 0 Å². The van der Waals surface area contributed by atoms with E-state index in [9.17, 15) is 9.59 Å². The number of halogens is 1. The summed E-state index contributed by atoms with van der Waals surface area (Å²) >= 11 is 5.90. The first-order valence-corrected chi connectivity index (χ1v) is 11.1. The molecule has 2 amide bonds. The van der Waals surface area contributed by atoms with Crippen LogP contribution < -0.4 is 4.74 Å². The van der Waals surface area contributed by atoms with E-state index in [1.165, 1.54) is 0 Å². The van der Waals surface area contributed by atoms with E-state index in [-0.39, 0.29) is 35.5 Å². The summed E-state index contributed by atoms with van der Waals surface area (Å²) < 4.78 is 5.79. The lowest BCUT2D eigenvalue weighted by Gasteiger charge is -2.37. The zero-order valence-electron chi connectivity index (χ0n) is 16.7. The fourth-order valence-corrected chi connectivity index (χ4v) is 5.70. The molecule has 0 N–H and O–H groups in total. The molecule has 1 heterocycles. The Bertz CT molecular complexity index is 1070. The summed E-state index contributed by atoms with van der Waals surface area (Å²) in [7, 11) is 0. The number of hydrazone groups is 1. The molecule has 156 valence electrons. The molecule has 6 heteroatoms. The van der Waals surface area contributed by atoms with Gasteiger partial charge in [0.25, 0.3) is 11.8 Å². The highest BCUT2D eigenvalue weighted by Gasteiger charge is 2.67. The van der Waals surface area contributed by atoms with Crippen LogP contribution in [0.3, 0.4) is 0 Å². The molecule has 7 rings (SSSR count). The molecule has 31 heavy (non-hydrogen) atoms. The molecule has 3 fully saturated rings. The van der Waals surface area contributed by atoms with Gasteiger partial charge in [-0.25, -0.2) is 0 Å². The Balaban J connectivity index is 1.12. The Kier molecular flexibility index (Phi) is 4.29. The van der Waals surface area contributed by atoms with Crippen molar-refractivity contribution in [3.8, 4) is 5.75 Å². The molecule has 0 radical (unpaired) electrons. The Morgan fingerprint density at radius 2 is 1.55 bits per heavy atom. The second-order valence-corrected chi connectivity index (χ2v) is 9.31. The lowest BCUT2D eigenvalue weighted by Crippen LogP contribution is -2.40. The van der Waals surface area contributed by atoms with Crippen molar-refractivity contribution < 1.29 is 14.3 Å². The van der Waals surface area contributed by atoms with Gasteiger partial charge in [0.1, 0.15) is 12.4 Å². The monoisotopic (exact) mass is 432 g/mol. The normalized spacial score (nSPS) is 32.5. The number of carbonyl (C=O) groups is 2. The number of ether oxygens (including phenoxy) is 1. The number of allylic oxidation sites excluding steroid dienone is 2. The van der Waals surface area contributed by atoms with Crippen LogP contribution in [0, 0.1) is 35.5 Å². The number of hydrogen-bond acceptors (Lipinski definition) is 4. The first-order valence-electron chi connectivity index (χ1n) is 10.7. The van der Waals surface area contributed by atoms with Crippen LogP contribution in [0.1, 0.15) is 17.5 Å². The highest BCUT2D eigenvalue weighted by atomic mass is 35.5. The Morgan fingerprint density at radius 1 is 0.935 bits per heavy atom. The van der Waals surface area contributed by atoms with Gasteiger partial charge in [-0.1, -0.05) is 35.9 Å². The van der Waals surface area contributed by atoms with Crippen molar-refractivity contribution in [1.82, 2.24) is 5.01 Å². The highest BCUT2D eigenvalue weighted by Crippen LogP contribution is 2.65. The molecule has 4 aliphatic carbocycles. The number of rotatable bonds is 5. The minimum absolute atomic E-state index is 0.140. The molecule has 2 bridgehead atoms. The Morgan fingerprint density at radius 3 is 2.16 bits per heavy atom. The second-order valence-electron chi connectivity index (χ2n) is 8.87. The predicted octanol–water partition coefficient (Wildman–Crippen LogP) is 4.31. The molecule has 0 spiro atoms. The van der Waals surface area contributed by atoms with Crippen LogP contribution in [0.25, 0.3) is 0 Å². The first kappa shape index (κ1) is 18.8. The molecule has 2 saturated carbocycles. The third-order valence-electron chi connectivity index (χ3n) is 7.16. The van der Waals surface area contributed by atoms with Crippen LogP contribution in [0.15, 0.2) is 65.8 Å². The molecule has 2 aromatic rings. The summed E-state index contributed by atoms with van der Waals surface area (Å²) in [5, 5.41) is 6.08. The average molecular weight is 433 g/mol. The SMILES string of the molecule is O=C1[C@@H]2[C@H]3C=C[C@@H]([C@@H]4C[C@H]34)[C@@H]2C(=O)N1/N=C\c1ccc(OCc2ccc(Cl)cc2)cc1. The summed E-state index contributed by atoms with van der Waals surface area (Å²) in [5.74, 6) is 1.64. The maximum absolute atomic E-state index is 12.9. The summed E-state index contributed by atoms with van der Waals surface area (Å²) in [6.45, 7) is 0.447. The van der Waals surface area contributed by atoms with Crippen LogP contribution in [0.5, 0.6) is 5.75 Å². The smallest absolute Gasteiger partial charge is 0.254 e. The van der Waals surface area contributed by atoms with Crippen LogP contribution in [0.2, 0.25) is 5.02 Å². The van der Waals surface area contributed by atoms with E-state index < -0.39 is 0 Å². The molecule has 0 unspecified atom stereocenters. The topological polar surface area (TPSA) is 59.0 Å². The van der Waals surface area contributed by atoms with Crippen LogP contribution in [-0.2, 0) is 16.2 Å². The van der Waals surface area contributed by atoms with Gasteiger partial charge in [-0.2, -0.15) is 10.1 Å². The molecular weight excluding hydrogens is 412 g/mol. The number of amides is 2. The maximum atomic E-state index is 12.9. The van der Waals surface area contributed by atoms with E-state index in [0.717, 1.165) is 28.3 Å². The quantitative estimate of drug-likeness (QED) is 0.402. The molecule has 1 aliphatic heterocycles. The molecule has 6 atom stereocenters. The van der Waals surface area contributed by atoms with Gasteiger partial charge in [0, 0.05) is 5.02 Å². The average Bonchev–Trinajstić information content (AvgIpc) is 3.57. The van der Waals surface area contributed by atoms with Crippen molar-refractivity contribution in [3.05, 3.63) is 76.8 Å². The van der Waals surface area contributed by atoms with Gasteiger partial charge in [-0.3, -0.25) is 9.59 Å². The highest BCUT2D eigenvalue weighted by molar-refractivity contribution is 6.30. The Hall–Kier alpha value is -2.92.